The van der Waals surface area contributed by atoms with Crippen molar-refractivity contribution in [3.8, 4) is 22.8 Å². The molecule has 2 aromatic heterocycles. The predicted molar refractivity (Wildman–Crippen MR) is 155 cm³/mol. The van der Waals surface area contributed by atoms with Gasteiger partial charge in [0.25, 0.3) is 0 Å². The Labute approximate surface area is 225 Å². The molecule has 2 aromatic carbocycles. The van der Waals surface area contributed by atoms with Crippen LogP contribution in [0.3, 0.4) is 0 Å². The second-order valence-electron chi connectivity index (χ2n) is 11.5. The van der Waals surface area contributed by atoms with Crippen molar-refractivity contribution in [1.82, 2.24) is 9.38 Å². The minimum Gasteiger partial charge on any atom is -0.493 e. The summed E-state index contributed by atoms with van der Waals surface area (Å²) in [6.07, 6.45) is 6.14. The third-order valence-corrected chi connectivity index (χ3v) is 6.07. The first-order chi connectivity index (χ1) is 17.9. The highest BCUT2D eigenvalue weighted by Crippen LogP contribution is 2.38. The summed E-state index contributed by atoms with van der Waals surface area (Å²) >= 11 is 0. The third kappa shape index (κ3) is 6.62. The number of carbonyl (C=O) groups is 1. The van der Waals surface area contributed by atoms with Crippen LogP contribution in [0, 0.1) is 12.3 Å². The largest absolute Gasteiger partial charge is 0.493 e. The molecule has 0 radical (unpaired) electrons. The SMILES string of the molecule is COc1cc(-c2nc3cc(C)ccn3c2NC(C)(C)CC(C)(C)C)ccc1OC(=O)/C=C/c1ccccc1. The molecule has 0 bridgehead atoms. The number of hydrogen-bond donors (Lipinski definition) is 1. The second-order valence-corrected chi connectivity index (χ2v) is 11.5. The van der Waals surface area contributed by atoms with Crippen molar-refractivity contribution in [3.63, 3.8) is 0 Å². The molecular formula is C32H37N3O3. The molecule has 198 valence electrons. The highest BCUT2D eigenvalue weighted by Gasteiger charge is 2.28. The number of methoxy groups -OCH3 is 1. The molecule has 0 aliphatic rings. The van der Waals surface area contributed by atoms with Gasteiger partial charge in [-0.15, -0.1) is 0 Å². The van der Waals surface area contributed by atoms with E-state index in [2.05, 4.69) is 63.4 Å². The van der Waals surface area contributed by atoms with Crippen molar-refractivity contribution in [2.24, 2.45) is 5.41 Å². The summed E-state index contributed by atoms with van der Waals surface area (Å²) in [6.45, 7) is 13.2. The summed E-state index contributed by atoms with van der Waals surface area (Å²) < 4.78 is 13.3. The fourth-order valence-electron chi connectivity index (χ4n) is 4.93. The standard InChI is InChI=1S/C32H37N3O3/c1-22-17-18-35-27(19-22)33-29(30(35)34-32(5,6)21-31(2,3)4)24-14-15-25(26(20-24)37-7)38-28(36)16-13-23-11-9-8-10-12-23/h8-20,34H,21H2,1-7H3/b16-13+. The fraction of sp³-hybridized carbons (Fsp3) is 0.312. The van der Waals surface area contributed by atoms with Gasteiger partial charge in [0.1, 0.15) is 17.2 Å². The molecule has 0 fully saturated rings. The Bertz CT molecular complexity index is 1460. The van der Waals surface area contributed by atoms with Crippen LogP contribution in [-0.4, -0.2) is 28.0 Å². The summed E-state index contributed by atoms with van der Waals surface area (Å²) in [6, 6.07) is 19.3. The smallest absolute Gasteiger partial charge is 0.336 e. The Kier molecular flexibility index (Phi) is 7.63. The second kappa shape index (κ2) is 10.7. The van der Waals surface area contributed by atoms with Crippen LogP contribution in [0.5, 0.6) is 11.5 Å². The molecule has 0 spiro atoms. The minimum absolute atomic E-state index is 0.150. The Morgan fingerprint density at radius 2 is 1.74 bits per heavy atom. The number of aromatic nitrogens is 2. The van der Waals surface area contributed by atoms with E-state index in [1.807, 2.05) is 48.7 Å². The number of anilines is 1. The van der Waals surface area contributed by atoms with E-state index in [4.69, 9.17) is 14.5 Å². The number of benzene rings is 2. The lowest BCUT2D eigenvalue weighted by molar-refractivity contribution is -0.129. The van der Waals surface area contributed by atoms with E-state index in [0.29, 0.717) is 11.5 Å². The van der Waals surface area contributed by atoms with Crippen molar-refractivity contribution >= 4 is 23.5 Å². The molecular weight excluding hydrogens is 474 g/mol. The molecule has 0 aliphatic carbocycles. The first kappa shape index (κ1) is 27.0. The zero-order valence-electron chi connectivity index (χ0n) is 23.3. The molecule has 6 nitrogen and oxygen atoms in total. The normalized spacial score (nSPS) is 12.2. The molecule has 0 amide bonds. The quantitative estimate of drug-likeness (QED) is 0.150. The van der Waals surface area contributed by atoms with Gasteiger partial charge in [0, 0.05) is 23.4 Å². The van der Waals surface area contributed by atoms with Crippen molar-refractivity contribution in [2.75, 3.05) is 12.4 Å². The van der Waals surface area contributed by atoms with Gasteiger partial charge in [0.2, 0.25) is 0 Å². The van der Waals surface area contributed by atoms with Gasteiger partial charge in [-0.05, 0) is 80.1 Å². The number of esters is 1. The van der Waals surface area contributed by atoms with Crippen LogP contribution >= 0.6 is 0 Å². The summed E-state index contributed by atoms with van der Waals surface area (Å²) in [4.78, 5) is 17.5. The molecule has 38 heavy (non-hydrogen) atoms. The molecule has 0 atom stereocenters. The van der Waals surface area contributed by atoms with Crippen LogP contribution in [0.1, 0.15) is 52.2 Å². The van der Waals surface area contributed by atoms with E-state index in [-0.39, 0.29) is 11.0 Å². The number of pyridine rings is 1. The molecule has 1 N–H and O–H groups in total. The number of fused-ring (bicyclic) bond motifs is 1. The van der Waals surface area contributed by atoms with Crippen molar-refractivity contribution in [3.05, 3.63) is 84.1 Å². The van der Waals surface area contributed by atoms with Gasteiger partial charge >= 0.3 is 5.97 Å². The van der Waals surface area contributed by atoms with Crippen LogP contribution in [0.15, 0.2) is 72.9 Å². The number of aryl methyl sites for hydroxylation is 1. The Balaban J connectivity index is 1.68. The summed E-state index contributed by atoms with van der Waals surface area (Å²) in [5, 5.41) is 3.77. The number of imidazole rings is 1. The van der Waals surface area contributed by atoms with E-state index in [1.165, 1.54) is 6.08 Å². The molecule has 0 saturated heterocycles. The maximum atomic E-state index is 12.5. The first-order valence-corrected chi connectivity index (χ1v) is 12.8. The average Bonchev–Trinajstić information content (AvgIpc) is 3.18. The Morgan fingerprint density at radius 1 is 1.00 bits per heavy atom. The highest BCUT2D eigenvalue weighted by molar-refractivity contribution is 5.89. The van der Waals surface area contributed by atoms with Gasteiger partial charge < -0.3 is 14.8 Å². The van der Waals surface area contributed by atoms with E-state index in [1.54, 1.807) is 19.3 Å². The molecule has 0 unspecified atom stereocenters. The summed E-state index contributed by atoms with van der Waals surface area (Å²) in [7, 11) is 1.56. The molecule has 4 aromatic rings. The summed E-state index contributed by atoms with van der Waals surface area (Å²) in [5.41, 5.74) is 4.54. The number of carbonyl (C=O) groups excluding carboxylic acids is 1. The zero-order valence-corrected chi connectivity index (χ0v) is 23.3. The van der Waals surface area contributed by atoms with Crippen molar-refractivity contribution < 1.29 is 14.3 Å². The zero-order chi connectivity index (χ0) is 27.5. The van der Waals surface area contributed by atoms with Crippen LogP contribution in [0.25, 0.3) is 23.0 Å². The van der Waals surface area contributed by atoms with Gasteiger partial charge in [0.05, 0.1) is 7.11 Å². The molecule has 0 saturated carbocycles. The predicted octanol–water partition coefficient (Wildman–Crippen LogP) is 7.56. The van der Waals surface area contributed by atoms with E-state index in [0.717, 1.165) is 40.3 Å². The number of hydrogen-bond acceptors (Lipinski definition) is 5. The molecule has 0 aliphatic heterocycles. The molecule has 2 heterocycles. The van der Waals surface area contributed by atoms with Crippen LogP contribution in [0.2, 0.25) is 0 Å². The van der Waals surface area contributed by atoms with E-state index < -0.39 is 5.97 Å². The fourth-order valence-corrected chi connectivity index (χ4v) is 4.93. The highest BCUT2D eigenvalue weighted by atomic mass is 16.6. The monoisotopic (exact) mass is 511 g/mol. The van der Waals surface area contributed by atoms with Gasteiger partial charge in [-0.1, -0.05) is 51.1 Å². The number of rotatable bonds is 8. The topological polar surface area (TPSA) is 64.9 Å². The van der Waals surface area contributed by atoms with Crippen LogP contribution < -0.4 is 14.8 Å². The lowest BCUT2D eigenvalue weighted by atomic mass is 9.82. The van der Waals surface area contributed by atoms with E-state index >= 15 is 0 Å². The van der Waals surface area contributed by atoms with Crippen LogP contribution in [-0.2, 0) is 4.79 Å². The van der Waals surface area contributed by atoms with Crippen molar-refractivity contribution in [1.29, 1.82) is 0 Å². The maximum absolute atomic E-state index is 12.5. The number of ether oxygens (including phenoxy) is 2. The minimum atomic E-state index is -0.477. The van der Waals surface area contributed by atoms with Gasteiger partial charge in [-0.3, -0.25) is 4.40 Å². The number of nitrogens with one attached hydrogen (secondary N) is 1. The lowest BCUT2D eigenvalue weighted by Gasteiger charge is -2.34. The lowest BCUT2D eigenvalue weighted by Crippen LogP contribution is -2.36. The molecule has 6 heteroatoms. The Morgan fingerprint density at radius 3 is 2.42 bits per heavy atom. The van der Waals surface area contributed by atoms with Gasteiger partial charge in [0.15, 0.2) is 11.5 Å². The number of nitrogens with zero attached hydrogens (tertiary/aromatic N) is 2. The molecule has 4 rings (SSSR count). The van der Waals surface area contributed by atoms with Crippen LogP contribution in [0.4, 0.5) is 5.82 Å². The maximum Gasteiger partial charge on any atom is 0.336 e. The van der Waals surface area contributed by atoms with E-state index in [9.17, 15) is 4.79 Å². The van der Waals surface area contributed by atoms with Crippen molar-refractivity contribution in [2.45, 2.75) is 53.5 Å². The first-order valence-electron chi connectivity index (χ1n) is 12.8. The third-order valence-electron chi connectivity index (χ3n) is 6.07. The average molecular weight is 512 g/mol. The van der Waals surface area contributed by atoms with Gasteiger partial charge in [-0.2, -0.15) is 0 Å². The Hall–Kier alpha value is -4.06. The summed E-state index contributed by atoms with van der Waals surface area (Å²) in [5.74, 6) is 1.24. The van der Waals surface area contributed by atoms with Gasteiger partial charge in [-0.25, -0.2) is 9.78 Å².